The summed E-state index contributed by atoms with van der Waals surface area (Å²) in [6.45, 7) is 7.53. The molecular formula is C24H31FN2O3S. The van der Waals surface area contributed by atoms with Crippen LogP contribution in [0.15, 0.2) is 35.7 Å². The molecule has 168 valence electrons. The van der Waals surface area contributed by atoms with Gasteiger partial charge >= 0.3 is 0 Å². The highest BCUT2D eigenvalue weighted by molar-refractivity contribution is 7.10. The van der Waals surface area contributed by atoms with Crippen molar-refractivity contribution in [3.8, 4) is 5.75 Å². The summed E-state index contributed by atoms with van der Waals surface area (Å²) in [5, 5.41) is 2.03. The molecule has 0 saturated carbocycles. The maximum atomic E-state index is 13.5. The van der Waals surface area contributed by atoms with Crippen LogP contribution in [0.4, 0.5) is 4.39 Å². The van der Waals surface area contributed by atoms with E-state index in [9.17, 15) is 14.0 Å². The fourth-order valence-corrected chi connectivity index (χ4v) is 4.72. The first-order valence-corrected chi connectivity index (χ1v) is 11.8. The molecule has 0 aliphatic carbocycles. The first-order valence-electron chi connectivity index (χ1n) is 10.9. The van der Waals surface area contributed by atoms with Crippen molar-refractivity contribution in [3.63, 3.8) is 0 Å². The number of benzene rings is 1. The van der Waals surface area contributed by atoms with Crippen molar-refractivity contribution in [2.75, 3.05) is 26.2 Å². The molecule has 7 heteroatoms. The van der Waals surface area contributed by atoms with Gasteiger partial charge in [-0.2, -0.15) is 0 Å². The van der Waals surface area contributed by atoms with Crippen molar-refractivity contribution in [2.45, 2.75) is 46.1 Å². The van der Waals surface area contributed by atoms with Gasteiger partial charge in [-0.05, 0) is 47.9 Å². The molecule has 3 rings (SSSR count). The Morgan fingerprint density at radius 2 is 2.13 bits per heavy atom. The molecule has 2 heterocycles. The predicted molar refractivity (Wildman–Crippen MR) is 121 cm³/mol. The van der Waals surface area contributed by atoms with E-state index in [4.69, 9.17) is 4.74 Å². The average Bonchev–Trinajstić information content (AvgIpc) is 3.23. The van der Waals surface area contributed by atoms with Crippen LogP contribution >= 0.6 is 11.3 Å². The van der Waals surface area contributed by atoms with Gasteiger partial charge in [0.15, 0.2) is 0 Å². The van der Waals surface area contributed by atoms with E-state index in [-0.39, 0.29) is 36.8 Å². The molecule has 1 atom stereocenters. The molecule has 0 N–H and O–H groups in total. The second-order valence-corrected chi connectivity index (χ2v) is 9.27. The first-order chi connectivity index (χ1) is 14.9. The van der Waals surface area contributed by atoms with Crippen molar-refractivity contribution in [1.29, 1.82) is 0 Å². The standard InChI is InChI=1S/C24H31FN2O3S/c1-4-23(28)26(11-8-17(2)3)15-24(29)27-12-9-22-20(10-13-31-22)21(27)16-30-19-7-5-6-18(25)14-19/h5-7,10,13-14,17,21H,4,8-9,11-12,15-16H2,1-3H3. The lowest BCUT2D eigenvalue weighted by molar-refractivity contribution is -0.142. The molecule has 0 saturated heterocycles. The predicted octanol–water partition coefficient (Wildman–Crippen LogP) is 4.68. The summed E-state index contributed by atoms with van der Waals surface area (Å²) >= 11 is 1.68. The largest absolute Gasteiger partial charge is 0.491 e. The summed E-state index contributed by atoms with van der Waals surface area (Å²) < 4.78 is 19.4. The summed E-state index contributed by atoms with van der Waals surface area (Å²) in [7, 11) is 0. The maximum Gasteiger partial charge on any atom is 0.242 e. The van der Waals surface area contributed by atoms with Crippen LogP contribution in [0.3, 0.4) is 0 Å². The van der Waals surface area contributed by atoms with Crippen LogP contribution in [-0.2, 0) is 16.0 Å². The number of carbonyl (C=O) groups is 2. The quantitative estimate of drug-likeness (QED) is 0.562. The van der Waals surface area contributed by atoms with Crippen LogP contribution in [0.5, 0.6) is 5.75 Å². The number of halogens is 1. The number of rotatable bonds is 9. The van der Waals surface area contributed by atoms with Crippen molar-refractivity contribution >= 4 is 23.2 Å². The van der Waals surface area contributed by atoms with Crippen molar-refractivity contribution in [2.24, 2.45) is 5.92 Å². The fourth-order valence-electron chi connectivity index (χ4n) is 3.79. The number of hydrogen-bond donors (Lipinski definition) is 0. The van der Waals surface area contributed by atoms with E-state index in [2.05, 4.69) is 13.8 Å². The van der Waals surface area contributed by atoms with Crippen molar-refractivity contribution in [3.05, 3.63) is 52.0 Å². The Labute approximate surface area is 187 Å². The van der Waals surface area contributed by atoms with Crippen molar-refractivity contribution in [1.82, 2.24) is 9.80 Å². The summed E-state index contributed by atoms with van der Waals surface area (Å²) in [6, 6.07) is 7.81. The lowest BCUT2D eigenvalue weighted by Crippen LogP contribution is -2.48. The van der Waals surface area contributed by atoms with E-state index in [0.29, 0.717) is 31.2 Å². The third-order valence-electron chi connectivity index (χ3n) is 5.58. The molecule has 1 aliphatic heterocycles. The fraction of sp³-hybridized carbons (Fsp3) is 0.500. The number of thiophene rings is 1. The Balaban J connectivity index is 1.75. The zero-order valence-electron chi connectivity index (χ0n) is 18.5. The van der Waals surface area contributed by atoms with Crippen LogP contribution in [0.1, 0.15) is 50.1 Å². The van der Waals surface area contributed by atoms with Gasteiger partial charge in [-0.25, -0.2) is 4.39 Å². The minimum absolute atomic E-state index is 0.00482. The highest BCUT2D eigenvalue weighted by Gasteiger charge is 2.33. The van der Waals surface area contributed by atoms with Gasteiger partial charge in [0.1, 0.15) is 18.2 Å². The number of ether oxygens (including phenoxy) is 1. The molecule has 31 heavy (non-hydrogen) atoms. The Hall–Kier alpha value is -2.41. The highest BCUT2D eigenvalue weighted by Crippen LogP contribution is 2.34. The molecule has 2 amide bonds. The zero-order chi connectivity index (χ0) is 22.4. The van der Waals surface area contributed by atoms with Crippen LogP contribution in [-0.4, -0.2) is 47.9 Å². The molecule has 0 radical (unpaired) electrons. The first kappa shape index (κ1) is 23.3. The van der Waals surface area contributed by atoms with Gasteiger partial charge in [0.05, 0.1) is 12.6 Å². The smallest absolute Gasteiger partial charge is 0.242 e. The van der Waals surface area contributed by atoms with E-state index >= 15 is 0 Å². The summed E-state index contributed by atoms with van der Waals surface area (Å²) in [6.07, 6.45) is 2.04. The monoisotopic (exact) mass is 446 g/mol. The van der Waals surface area contributed by atoms with E-state index in [1.807, 2.05) is 23.3 Å². The van der Waals surface area contributed by atoms with Crippen LogP contribution in [0, 0.1) is 11.7 Å². The molecule has 1 aliphatic rings. The Morgan fingerprint density at radius 1 is 1.32 bits per heavy atom. The lowest BCUT2D eigenvalue weighted by Gasteiger charge is -2.37. The molecule has 0 fully saturated rings. The minimum Gasteiger partial charge on any atom is -0.491 e. The molecule has 1 aromatic carbocycles. The van der Waals surface area contributed by atoms with Crippen LogP contribution in [0.2, 0.25) is 0 Å². The topological polar surface area (TPSA) is 49.9 Å². The maximum absolute atomic E-state index is 13.5. The Bertz CT molecular complexity index is 898. The number of carbonyl (C=O) groups excluding carboxylic acids is 2. The van der Waals surface area contributed by atoms with E-state index in [1.54, 1.807) is 28.4 Å². The van der Waals surface area contributed by atoms with Gasteiger partial charge < -0.3 is 14.5 Å². The number of nitrogens with zero attached hydrogens (tertiary/aromatic N) is 2. The van der Waals surface area contributed by atoms with E-state index in [1.165, 1.54) is 17.0 Å². The molecule has 2 aromatic rings. The summed E-state index contributed by atoms with van der Waals surface area (Å²) in [5.41, 5.74) is 1.08. The van der Waals surface area contributed by atoms with Gasteiger partial charge in [-0.3, -0.25) is 9.59 Å². The molecule has 5 nitrogen and oxygen atoms in total. The normalized spacial score (nSPS) is 15.6. The molecule has 1 unspecified atom stereocenters. The third-order valence-corrected chi connectivity index (χ3v) is 6.57. The van der Waals surface area contributed by atoms with Crippen molar-refractivity contribution < 1.29 is 18.7 Å². The zero-order valence-corrected chi connectivity index (χ0v) is 19.3. The highest BCUT2D eigenvalue weighted by atomic mass is 32.1. The summed E-state index contributed by atoms with van der Waals surface area (Å²) in [5.74, 6) is 0.460. The SMILES string of the molecule is CCC(=O)N(CCC(C)C)CC(=O)N1CCc2sccc2C1COc1cccc(F)c1. The van der Waals surface area contributed by atoms with E-state index < -0.39 is 0 Å². The second kappa shape index (κ2) is 10.8. The number of fused-ring (bicyclic) bond motifs is 1. The van der Waals surface area contributed by atoms with Gasteiger partial charge in [-0.1, -0.05) is 26.8 Å². The number of amides is 2. The minimum atomic E-state index is -0.357. The van der Waals surface area contributed by atoms with Gasteiger partial charge in [0.2, 0.25) is 11.8 Å². The molecule has 1 aromatic heterocycles. The lowest BCUT2D eigenvalue weighted by atomic mass is 10.0. The summed E-state index contributed by atoms with van der Waals surface area (Å²) in [4.78, 5) is 30.5. The number of hydrogen-bond acceptors (Lipinski definition) is 4. The molecule has 0 bridgehead atoms. The second-order valence-electron chi connectivity index (χ2n) is 8.27. The Morgan fingerprint density at radius 3 is 2.84 bits per heavy atom. The van der Waals surface area contributed by atoms with E-state index in [0.717, 1.165) is 18.4 Å². The molecule has 0 spiro atoms. The van der Waals surface area contributed by atoms with Gasteiger partial charge in [0, 0.05) is 30.5 Å². The Kier molecular flexibility index (Phi) is 8.07. The van der Waals surface area contributed by atoms with Gasteiger partial charge in [-0.15, -0.1) is 11.3 Å². The van der Waals surface area contributed by atoms with Crippen LogP contribution in [0.25, 0.3) is 0 Å². The molecular weight excluding hydrogens is 415 g/mol. The van der Waals surface area contributed by atoms with Crippen LogP contribution < -0.4 is 4.74 Å². The third kappa shape index (κ3) is 6.06. The van der Waals surface area contributed by atoms with Gasteiger partial charge in [0.25, 0.3) is 0 Å². The average molecular weight is 447 g/mol.